The molecule has 1 fully saturated rings. The Kier molecular flexibility index (Phi) is 7.08. The summed E-state index contributed by atoms with van der Waals surface area (Å²) in [5.41, 5.74) is 7.37. The number of hydrogen-bond donors (Lipinski definition) is 2. The van der Waals surface area contributed by atoms with Gasteiger partial charge in [0.25, 0.3) is 0 Å². The lowest BCUT2D eigenvalue weighted by molar-refractivity contribution is 0.0248. The fourth-order valence-electron chi connectivity index (χ4n) is 4.39. The zero-order valence-corrected chi connectivity index (χ0v) is 20.7. The van der Waals surface area contributed by atoms with E-state index in [0.29, 0.717) is 23.3 Å². The second-order valence-corrected chi connectivity index (χ2v) is 9.14. The molecule has 2 aliphatic rings. The molecule has 0 saturated carbocycles. The summed E-state index contributed by atoms with van der Waals surface area (Å²) in [6, 6.07) is 14.6. The molecule has 0 spiro atoms. The van der Waals surface area contributed by atoms with E-state index < -0.39 is 0 Å². The van der Waals surface area contributed by atoms with Crippen LogP contribution in [0.1, 0.15) is 12.8 Å². The third-order valence-electron chi connectivity index (χ3n) is 6.49. The molecule has 2 aromatic carbocycles. The molecule has 1 unspecified atom stereocenters. The van der Waals surface area contributed by atoms with Crippen molar-refractivity contribution in [1.82, 2.24) is 20.3 Å². The molecule has 188 valence electrons. The topological polar surface area (TPSA) is 81.2 Å². The Bertz CT molecular complexity index is 1210. The monoisotopic (exact) mass is 490 g/mol. The molecule has 9 nitrogen and oxygen atoms in total. The van der Waals surface area contributed by atoms with Crippen LogP contribution >= 0.6 is 0 Å². The third kappa shape index (κ3) is 5.46. The molecule has 5 rings (SSSR count). The number of hydrazine groups is 1. The van der Waals surface area contributed by atoms with E-state index in [1.807, 2.05) is 60.7 Å². The summed E-state index contributed by atoms with van der Waals surface area (Å²) >= 11 is 0. The van der Waals surface area contributed by atoms with Crippen molar-refractivity contribution >= 4 is 29.3 Å². The Labute approximate surface area is 210 Å². The molecule has 3 aromatic rings. The highest BCUT2D eigenvalue weighted by Gasteiger charge is 2.28. The van der Waals surface area contributed by atoms with Gasteiger partial charge in [-0.05, 0) is 61.4 Å². The number of likely N-dealkylation sites (tertiary alicyclic amines) is 1. The summed E-state index contributed by atoms with van der Waals surface area (Å²) in [5, 5.41) is 5.17. The summed E-state index contributed by atoms with van der Waals surface area (Å²) in [6.07, 6.45) is 5.81. The van der Waals surface area contributed by atoms with E-state index in [1.54, 1.807) is 19.4 Å². The van der Waals surface area contributed by atoms with Crippen molar-refractivity contribution in [3.63, 3.8) is 0 Å². The van der Waals surface area contributed by atoms with Crippen LogP contribution in [-0.4, -0.2) is 67.9 Å². The first-order chi connectivity index (χ1) is 17.5. The molecular weight excluding hydrogens is 459 g/mol. The van der Waals surface area contributed by atoms with Crippen molar-refractivity contribution in [2.45, 2.75) is 25.2 Å². The summed E-state index contributed by atoms with van der Waals surface area (Å²) in [4.78, 5) is 17.7. The highest BCUT2D eigenvalue weighted by Crippen LogP contribution is 2.26. The molecule has 0 radical (unpaired) electrons. The molecule has 10 heteroatoms. The largest absolute Gasteiger partial charge is 0.381 e. The van der Waals surface area contributed by atoms with Gasteiger partial charge in [0.2, 0.25) is 5.95 Å². The Morgan fingerprint density at radius 1 is 1.08 bits per heavy atom. The van der Waals surface area contributed by atoms with E-state index in [2.05, 4.69) is 30.6 Å². The number of piperidine rings is 1. The van der Waals surface area contributed by atoms with Crippen molar-refractivity contribution in [2.75, 3.05) is 49.5 Å². The summed E-state index contributed by atoms with van der Waals surface area (Å²) < 4.78 is 19.6. The second kappa shape index (κ2) is 10.6. The van der Waals surface area contributed by atoms with E-state index in [-0.39, 0.29) is 12.1 Å². The predicted octanol–water partition coefficient (Wildman–Crippen LogP) is 3.84. The van der Waals surface area contributed by atoms with Crippen molar-refractivity contribution in [1.29, 1.82) is 0 Å². The molecule has 0 bridgehead atoms. The average Bonchev–Trinajstić information content (AvgIpc) is 3.39. The fraction of sp³-hybridized carbons (Fsp3) is 0.346. The lowest BCUT2D eigenvalue weighted by Gasteiger charge is -2.34. The van der Waals surface area contributed by atoms with E-state index in [1.165, 1.54) is 12.1 Å². The van der Waals surface area contributed by atoms with Crippen LogP contribution in [0.2, 0.25) is 0 Å². The molecule has 1 atom stereocenters. The number of halogens is 1. The van der Waals surface area contributed by atoms with Crippen molar-refractivity contribution < 1.29 is 9.13 Å². The first-order valence-electron chi connectivity index (χ1n) is 12.0. The van der Waals surface area contributed by atoms with Crippen LogP contribution in [0.15, 0.2) is 59.7 Å². The molecule has 0 aliphatic carbocycles. The maximum Gasteiger partial charge on any atom is 0.227 e. The van der Waals surface area contributed by atoms with Crippen molar-refractivity contribution in [3.05, 3.63) is 60.5 Å². The average molecular weight is 491 g/mol. The molecule has 1 saturated heterocycles. The van der Waals surface area contributed by atoms with Crippen LogP contribution in [0, 0.1) is 5.82 Å². The van der Waals surface area contributed by atoms with Gasteiger partial charge in [-0.2, -0.15) is 5.43 Å². The Balaban J connectivity index is 1.22. The number of rotatable bonds is 7. The van der Waals surface area contributed by atoms with Crippen LogP contribution in [0.3, 0.4) is 0 Å². The Morgan fingerprint density at radius 3 is 2.58 bits per heavy atom. The van der Waals surface area contributed by atoms with Crippen LogP contribution in [0.4, 0.5) is 27.4 Å². The Hall–Kier alpha value is -3.60. The molecule has 2 N–H and O–H groups in total. The number of ether oxygens (including phenoxy) is 1. The molecule has 3 heterocycles. The number of aliphatic imine (C=N–C) groups is 1. The van der Waals surface area contributed by atoms with Gasteiger partial charge in [0.1, 0.15) is 12.2 Å². The van der Waals surface area contributed by atoms with E-state index in [0.717, 1.165) is 43.0 Å². The quantitative estimate of drug-likeness (QED) is 0.517. The minimum Gasteiger partial charge on any atom is -0.381 e. The van der Waals surface area contributed by atoms with E-state index in [4.69, 9.17) is 4.74 Å². The maximum absolute atomic E-state index is 14.1. The van der Waals surface area contributed by atoms with Crippen LogP contribution < -0.4 is 20.7 Å². The zero-order chi connectivity index (χ0) is 25.1. The molecule has 1 aromatic heterocycles. The number of methoxy groups -OCH3 is 1. The van der Waals surface area contributed by atoms with Crippen LogP contribution in [0.25, 0.3) is 11.3 Å². The zero-order valence-electron chi connectivity index (χ0n) is 20.7. The second-order valence-electron chi connectivity index (χ2n) is 9.14. The number of hydrogen-bond acceptors (Lipinski definition) is 9. The lowest BCUT2D eigenvalue weighted by atomic mass is 10.1. The van der Waals surface area contributed by atoms with Crippen LogP contribution in [-0.2, 0) is 4.74 Å². The number of benzene rings is 2. The smallest absolute Gasteiger partial charge is 0.227 e. The third-order valence-corrected chi connectivity index (χ3v) is 6.49. The van der Waals surface area contributed by atoms with E-state index in [9.17, 15) is 4.39 Å². The summed E-state index contributed by atoms with van der Waals surface area (Å²) in [7, 11) is 5.54. The highest BCUT2D eigenvalue weighted by atomic mass is 19.1. The number of aromatic nitrogens is 2. The van der Waals surface area contributed by atoms with Gasteiger partial charge in [-0.1, -0.05) is 0 Å². The van der Waals surface area contributed by atoms with Gasteiger partial charge in [0.05, 0.1) is 17.5 Å². The van der Waals surface area contributed by atoms with Gasteiger partial charge in [-0.25, -0.2) is 19.4 Å². The first kappa shape index (κ1) is 24.1. The van der Waals surface area contributed by atoms with Gasteiger partial charge in [-0.3, -0.25) is 9.91 Å². The van der Waals surface area contributed by atoms with Crippen LogP contribution in [0.5, 0.6) is 0 Å². The van der Waals surface area contributed by atoms with Gasteiger partial charge < -0.3 is 15.0 Å². The minimum absolute atomic E-state index is 0.0624. The van der Waals surface area contributed by atoms with Gasteiger partial charge >= 0.3 is 0 Å². The predicted molar refractivity (Wildman–Crippen MR) is 141 cm³/mol. The Morgan fingerprint density at radius 2 is 1.86 bits per heavy atom. The number of nitrogens with zero attached hydrogens (tertiary/aromatic N) is 6. The van der Waals surface area contributed by atoms with Crippen molar-refractivity contribution in [3.8, 4) is 11.3 Å². The SMILES string of the molecule is COC1CCN(C2N=CN(c3ccc(Nc4nccc(-c5cc(F)cc(N(C)C)c5)n4)cc3)N2)CC1. The summed E-state index contributed by atoms with van der Waals surface area (Å²) in [6.45, 7) is 1.91. The lowest BCUT2D eigenvalue weighted by Crippen LogP contribution is -2.50. The maximum atomic E-state index is 14.1. The van der Waals surface area contributed by atoms with Gasteiger partial charge in [-0.15, -0.1) is 0 Å². The minimum atomic E-state index is -0.305. The van der Waals surface area contributed by atoms with E-state index >= 15 is 0 Å². The molecule has 2 aliphatic heterocycles. The highest BCUT2D eigenvalue weighted by molar-refractivity contribution is 5.80. The first-order valence-corrected chi connectivity index (χ1v) is 12.0. The standard InChI is InChI=1S/C26H31FN8O/c1-33(2)22-15-18(14-19(27)16-22)24-8-11-28-25(31-24)30-20-4-6-21(7-5-20)35-17-29-26(32-35)34-12-9-23(36-3)10-13-34/h4-8,11,14-17,23,26,32H,9-10,12-13H2,1-3H3,(H,28,30,31). The van der Waals surface area contributed by atoms with Crippen molar-refractivity contribution in [2.24, 2.45) is 4.99 Å². The number of anilines is 4. The molecule has 0 amide bonds. The van der Waals surface area contributed by atoms with Gasteiger partial charge in [0, 0.05) is 57.4 Å². The summed E-state index contributed by atoms with van der Waals surface area (Å²) in [5.74, 6) is 0.136. The number of nitrogens with one attached hydrogen (secondary N) is 2. The fourth-order valence-corrected chi connectivity index (χ4v) is 4.39. The molecule has 36 heavy (non-hydrogen) atoms. The normalized spacial score (nSPS) is 18.6. The van der Waals surface area contributed by atoms with Gasteiger partial charge in [0.15, 0.2) is 6.29 Å². The molecular formula is C26H31FN8O.